The van der Waals surface area contributed by atoms with Crippen LogP contribution in [0.5, 0.6) is 5.75 Å². The molecular formula is C20H24O2. The van der Waals surface area contributed by atoms with Crippen molar-refractivity contribution in [3.05, 3.63) is 29.3 Å². The number of aryl methyl sites for hydroxylation is 1. The largest absolute Gasteiger partial charge is 0.408 e. The lowest BCUT2D eigenvalue weighted by atomic mass is 9.55. The van der Waals surface area contributed by atoms with E-state index in [1.165, 1.54) is 30.4 Å². The van der Waals surface area contributed by atoms with Crippen molar-refractivity contribution in [3.63, 3.8) is 0 Å². The molecule has 2 nitrogen and oxygen atoms in total. The molecule has 3 aliphatic rings. The molecule has 116 valence electrons. The molecule has 4 rings (SSSR count). The van der Waals surface area contributed by atoms with Gasteiger partial charge in [-0.05, 0) is 85.0 Å². The third-order valence-electron chi connectivity index (χ3n) is 6.82. The monoisotopic (exact) mass is 296 g/mol. The van der Waals surface area contributed by atoms with E-state index in [9.17, 15) is 5.11 Å². The minimum absolute atomic E-state index is 0.0914. The first kappa shape index (κ1) is 14.2. The van der Waals surface area contributed by atoms with Gasteiger partial charge >= 0.3 is 0 Å². The van der Waals surface area contributed by atoms with Gasteiger partial charge in [-0.15, -0.1) is 0 Å². The molecule has 0 bridgehead atoms. The second-order valence-electron chi connectivity index (χ2n) is 7.63. The van der Waals surface area contributed by atoms with Gasteiger partial charge in [-0.1, -0.05) is 19.4 Å². The van der Waals surface area contributed by atoms with Crippen LogP contribution in [0.1, 0.15) is 56.1 Å². The van der Waals surface area contributed by atoms with Crippen LogP contribution in [0.25, 0.3) is 0 Å². The summed E-state index contributed by atoms with van der Waals surface area (Å²) in [6, 6.07) is 6.37. The predicted molar refractivity (Wildman–Crippen MR) is 86.5 cm³/mol. The second kappa shape index (κ2) is 5.03. The molecule has 2 fully saturated rings. The first-order valence-corrected chi connectivity index (χ1v) is 8.57. The summed E-state index contributed by atoms with van der Waals surface area (Å²) in [6.45, 7) is 2.32. The molecule has 3 aliphatic carbocycles. The van der Waals surface area contributed by atoms with Gasteiger partial charge < -0.3 is 9.84 Å². The van der Waals surface area contributed by atoms with Crippen LogP contribution in [-0.2, 0) is 6.42 Å². The standard InChI is InChI=1S/C20H24O2/c1-3-22-14-5-7-15-13(12-14)4-6-17-16(15)10-11-20(2)18(17)8-9-19(20)21/h1,5,7,12,16-19,21H,4,6,8-11H2,2H3/t16-,17-,18+,19-,20+/m1/s1. The molecule has 5 atom stereocenters. The lowest BCUT2D eigenvalue weighted by Crippen LogP contribution is -2.43. The van der Waals surface area contributed by atoms with E-state index in [4.69, 9.17) is 11.2 Å². The second-order valence-corrected chi connectivity index (χ2v) is 7.63. The molecule has 0 saturated heterocycles. The summed E-state index contributed by atoms with van der Waals surface area (Å²) in [5.41, 5.74) is 3.07. The summed E-state index contributed by atoms with van der Waals surface area (Å²) in [6.07, 6.45) is 14.3. The van der Waals surface area contributed by atoms with E-state index >= 15 is 0 Å². The molecule has 0 aliphatic heterocycles. The topological polar surface area (TPSA) is 29.5 Å². The Morgan fingerprint density at radius 2 is 2.14 bits per heavy atom. The van der Waals surface area contributed by atoms with E-state index in [0.29, 0.717) is 11.8 Å². The fourth-order valence-corrected chi connectivity index (χ4v) is 5.66. The molecule has 0 amide bonds. The van der Waals surface area contributed by atoms with Gasteiger partial charge in [0.2, 0.25) is 0 Å². The van der Waals surface area contributed by atoms with Crippen molar-refractivity contribution in [1.29, 1.82) is 0 Å². The van der Waals surface area contributed by atoms with Gasteiger partial charge in [0.15, 0.2) is 0 Å². The Bertz CT molecular complexity index is 629. The maximum Gasteiger partial charge on any atom is 0.140 e. The third kappa shape index (κ3) is 1.92. The summed E-state index contributed by atoms with van der Waals surface area (Å²) in [5.74, 6) is 2.88. The Morgan fingerprint density at radius 1 is 1.27 bits per heavy atom. The van der Waals surface area contributed by atoms with Crippen LogP contribution in [0.3, 0.4) is 0 Å². The number of hydrogen-bond donors (Lipinski definition) is 1. The summed E-state index contributed by atoms with van der Waals surface area (Å²) in [5, 5.41) is 10.4. The number of terminal acetylenes is 1. The molecule has 1 N–H and O–H groups in total. The van der Waals surface area contributed by atoms with Gasteiger partial charge in [0.05, 0.1) is 6.10 Å². The minimum Gasteiger partial charge on any atom is -0.408 e. The van der Waals surface area contributed by atoms with Crippen LogP contribution in [0.4, 0.5) is 0 Å². The van der Waals surface area contributed by atoms with Crippen LogP contribution < -0.4 is 4.74 Å². The van der Waals surface area contributed by atoms with Gasteiger partial charge in [-0.3, -0.25) is 0 Å². The van der Waals surface area contributed by atoms with Crippen LogP contribution >= 0.6 is 0 Å². The molecule has 2 saturated carbocycles. The molecule has 2 heteroatoms. The van der Waals surface area contributed by atoms with Crippen molar-refractivity contribution in [2.45, 2.75) is 57.5 Å². The Labute approximate surface area is 132 Å². The van der Waals surface area contributed by atoms with Gasteiger partial charge in [0, 0.05) is 0 Å². The number of aliphatic hydroxyl groups is 1. The lowest BCUT2D eigenvalue weighted by molar-refractivity contribution is -0.0226. The predicted octanol–water partition coefficient (Wildman–Crippen LogP) is 3.87. The molecule has 0 radical (unpaired) electrons. The maximum atomic E-state index is 10.4. The molecule has 0 unspecified atom stereocenters. The molecule has 22 heavy (non-hydrogen) atoms. The molecule has 1 aromatic carbocycles. The molecule has 1 aromatic rings. The van der Waals surface area contributed by atoms with Crippen molar-refractivity contribution in [1.82, 2.24) is 0 Å². The van der Waals surface area contributed by atoms with Crippen LogP contribution in [0.2, 0.25) is 0 Å². The van der Waals surface area contributed by atoms with Gasteiger partial charge in [-0.25, -0.2) is 0 Å². The third-order valence-corrected chi connectivity index (χ3v) is 6.82. The number of aliphatic hydroxyl groups excluding tert-OH is 1. The van der Waals surface area contributed by atoms with E-state index in [2.05, 4.69) is 25.2 Å². The molecule has 0 spiro atoms. The van der Waals surface area contributed by atoms with Gasteiger partial charge in [0.25, 0.3) is 0 Å². The van der Waals surface area contributed by atoms with E-state index in [1.807, 2.05) is 6.07 Å². The van der Waals surface area contributed by atoms with Crippen molar-refractivity contribution in [3.8, 4) is 18.3 Å². The van der Waals surface area contributed by atoms with Crippen LogP contribution in [-0.4, -0.2) is 11.2 Å². The number of benzene rings is 1. The highest BCUT2D eigenvalue weighted by molar-refractivity contribution is 5.41. The first-order valence-electron chi connectivity index (χ1n) is 8.57. The fourth-order valence-electron chi connectivity index (χ4n) is 5.66. The van der Waals surface area contributed by atoms with E-state index in [-0.39, 0.29) is 11.5 Å². The number of fused-ring (bicyclic) bond motifs is 5. The van der Waals surface area contributed by atoms with Crippen molar-refractivity contribution in [2.24, 2.45) is 17.3 Å². The highest BCUT2D eigenvalue weighted by atomic mass is 16.5. The lowest BCUT2D eigenvalue weighted by Gasteiger charge is -2.50. The Balaban J connectivity index is 1.66. The number of ether oxygens (including phenoxy) is 1. The SMILES string of the molecule is C#COc1ccc2c(c1)CC[C@@H]1[C@@H]2CC[C@]2(C)[C@H](O)CC[C@@H]12. The van der Waals surface area contributed by atoms with Crippen molar-refractivity contribution >= 4 is 0 Å². The molecule has 0 heterocycles. The quantitative estimate of drug-likeness (QED) is 0.797. The van der Waals surface area contributed by atoms with E-state index in [0.717, 1.165) is 30.9 Å². The molecule has 0 aromatic heterocycles. The molecular weight excluding hydrogens is 272 g/mol. The Kier molecular flexibility index (Phi) is 3.24. The Morgan fingerprint density at radius 3 is 2.95 bits per heavy atom. The average Bonchev–Trinajstić information content (AvgIpc) is 2.83. The van der Waals surface area contributed by atoms with Gasteiger partial charge in [-0.2, -0.15) is 0 Å². The summed E-state index contributed by atoms with van der Waals surface area (Å²) in [4.78, 5) is 0. The first-order chi connectivity index (χ1) is 10.6. The zero-order valence-corrected chi connectivity index (χ0v) is 13.2. The van der Waals surface area contributed by atoms with E-state index in [1.54, 1.807) is 0 Å². The zero-order valence-electron chi connectivity index (χ0n) is 13.2. The Hall–Kier alpha value is -1.46. The van der Waals surface area contributed by atoms with E-state index < -0.39 is 0 Å². The number of rotatable bonds is 1. The fraction of sp³-hybridized carbons (Fsp3) is 0.600. The van der Waals surface area contributed by atoms with Crippen LogP contribution in [0, 0.1) is 29.8 Å². The minimum atomic E-state index is -0.0914. The summed E-state index contributed by atoms with van der Waals surface area (Å²) in [7, 11) is 0. The van der Waals surface area contributed by atoms with Crippen LogP contribution in [0.15, 0.2) is 18.2 Å². The highest BCUT2D eigenvalue weighted by Crippen LogP contribution is 2.60. The summed E-state index contributed by atoms with van der Waals surface area (Å²) < 4.78 is 5.20. The van der Waals surface area contributed by atoms with Crippen molar-refractivity contribution in [2.75, 3.05) is 0 Å². The summed E-state index contributed by atoms with van der Waals surface area (Å²) >= 11 is 0. The normalized spacial score (nSPS) is 39.3. The van der Waals surface area contributed by atoms with Crippen molar-refractivity contribution < 1.29 is 9.84 Å². The average molecular weight is 296 g/mol. The zero-order chi connectivity index (χ0) is 15.3. The highest BCUT2D eigenvalue weighted by Gasteiger charge is 2.54. The van der Waals surface area contributed by atoms with Gasteiger partial charge in [0.1, 0.15) is 11.9 Å². The maximum absolute atomic E-state index is 10.4. The smallest absolute Gasteiger partial charge is 0.140 e. The number of hydrogen-bond acceptors (Lipinski definition) is 2.